The Balaban J connectivity index is 1.16. The predicted molar refractivity (Wildman–Crippen MR) is 216 cm³/mol. The number of anilines is 1. The van der Waals surface area contributed by atoms with Crippen LogP contribution in [0, 0.1) is 5.92 Å². The molecular weight excluding hydrogens is 765 g/mol. The fourth-order valence-electron chi connectivity index (χ4n) is 8.90. The minimum absolute atomic E-state index is 0.0422. The second kappa shape index (κ2) is 15.0. The van der Waals surface area contributed by atoms with Crippen LogP contribution in [0.3, 0.4) is 0 Å². The molecule has 4 amide bonds. The van der Waals surface area contributed by atoms with Crippen molar-refractivity contribution in [3.63, 3.8) is 0 Å². The topological polar surface area (TPSA) is 186 Å². The maximum atomic E-state index is 14.9. The van der Waals surface area contributed by atoms with E-state index in [0.29, 0.717) is 82.8 Å². The maximum Gasteiger partial charge on any atom is 0.408 e. The highest BCUT2D eigenvalue weighted by Gasteiger charge is 2.64. The Hall–Kier alpha value is -4.44. The zero-order valence-electron chi connectivity index (χ0n) is 33.9. The van der Waals surface area contributed by atoms with E-state index in [-0.39, 0.29) is 19.4 Å². The van der Waals surface area contributed by atoms with Gasteiger partial charge in [-0.25, -0.2) is 18.2 Å². The standard InChI is InChI=1S/C42H56N6O9S/c1-39(2,3)57-38(52)44-31-15-9-7-5-6-8-12-27-24-42(27,37(51)46-58(53,54)40(4)18-19-40)45-35(49)32-25-41(26-48(32)36(31)50)17-16-29-28-13-10-11-14-30(28)43-34(33(29)56-41)47-20-22-55-23-21-47/h8,10-14,27,31-32H,5-7,9,15-26H2,1-4H3,(H,44,52)(H,45,49)(H,46,51)/b12-8-/t27-,31-,32-,41+,42+/m0/s1. The van der Waals surface area contributed by atoms with E-state index in [4.69, 9.17) is 19.2 Å². The second-order valence-corrected chi connectivity index (χ2v) is 20.4. The number of ether oxygens (including phenoxy) is 3. The Morgan fingerprint density at radius 1 is 1.03 bits per heavy atom. The number of nitrogens with zero attached hydrogens (tertiary/aromatic N) is 3. The van der Waals surface area contributed by atoms with Crippen LogP contribution in [0.25, 0.3) is 10.9 Å². The molecule has 2 saturated heterocycles. The highest BCUT2D eigenvalue weighted by molar-refractivity contribution is 7.91. The van der Waals surface area contributed by atoms with Gasteiger partial charge in [-0.3, -0.25) is 19.1 Å². The molecule has 0 bridgehead atoms. The summed E-state index contributed by atoms with van der Waals surface area (Å²) in [5.41, 5.74) is -1.48. The SMILES string of the molecule is CC(C)(C)OC(=O)N[C@H]1CCCCC/C=C\[C@H]2C[C@@]2(C(=O)NS(=O)(=O)C2(C)CC2)NC(=O)[C@@H]2C[C@]3(CCc4c(c(N5CCOCC5)nc5ccccc45)O3)CN2C1=O. The highest BCUT2D eigenvalue weighted by atomic mass is 32.2. The number of para-hydroxylation sites is 1. The molecular formula is C42H56N6O9S. The van der Waals surface area contributed by atoms with Crippen LogP contribution in [0.4, 0.5) is 10.6 Å². The number of hydrogen-bond donors (Lipinski definition) is 3. The third kappa shape index (κ3) is 7.85. The summed E-state index contributed by atoms with van der Waals surface area (Å²) >= 11 is 0. The zero-order chi connectivity index (χ0) is 41.1. The van der Waals surface area contributed by atoms with Gasteiger partial charge >= 0.3 is 6.09 Å². The van der Waals surface area contributed by atoms with Gasteiger partial charge in [0.15, 0.2) is 11.6 Å². The molecule has 4 aliphatic heterocycles. The van der Waals surface area contributed by atoms with E-state index in [1.165, 1.54) is 4.90 Å². The van der Waals surface area contributed by atoms with Crippen molar-refractivity contribution in [1.29, 1.82) is 0 Å². The van der Waals surface area contributed by atoms with Crippen molar-refractivity contribution < 1.29 is 41.8 Å². The van der Waals surface area contributed by atoms with Crippen LogP contribution in [0.2, 0.25) is 0 Å². The van der Waals surface area contributed by atoms with Crippen LogP contribution >= 0.6 is 0 Å². The van der Waals surface area contributed by atoms with Crippen molar-refractivity contribution in [1.82, 2.24) is 25.2 Å². The highest BCUT2D eigenvalue weighted by Crippen LogP contribution is 2.50. The van der Waals surface area contributed by atoms with Crippen molar-refractivity contribution in [2.75, 3.05) is 37.7 Å². The molecule has 2 aliphatic carbocycles. The number of morpholine rings is 1. The molecule has 2 saturated carbocycles. The number of benzene rings is 1. The lowest BCUT2D eigenvalue weighted by atomic mass is 9.87. The van der Waals surface area contributed by atoms with E-state index in [1.54, 1.807) is 27.7 Å². The Morgan fingerprint density at radius 2 is 1.79 bits per heavy atom. The summed E-state index contributed by atoms with van der Waals surface area (Å²) in [6, 6.07) is 5.84. The van der Waals surface area contributed by atoms with Crippen LogP contribution in [0.1, 0.15) is 97.5 Å². The molecule has 1 spiro atoms. The molecule has 5 heterocycles. The number of rotatable bonds is 5. The number of carbonyl (C=O) groups excluding carboxylic acids is 4. The van der Waals surface area contributed by atoms with Gasteiger partial charge < -0.3 is 34.6 Å². The van der Waals surface area contributed by atoms with Crippen molar-refractivity contribution in [2.45, 2.75) is 132 Å². The first-order valence-corrected chi connectivity index (χ1v) is 22.3. The van der Waals surface area contributed by atoms with Crippen LogP contribution in [0.15, 0.2) is 36.4 Å². The molecule has 5 atom stereocenters. The number of aryl methyl sites for hydroxylation is 1. The number of carbonyl (C=O) groups is 4. The van der Waals surface area contributed by atoms with E-state index < -0.39 is 73.3 Å². The van der Waals surface area contributed by atoms with Crippen LogP contribution in [-0.4, -0.2) is 109 Å². The summed E-state index contributed by atoms with van der Waals surface area (Å²) in [6.45, 7) is 9.21. The summed E-state index contributed by atoms with van der Waals surface area (Å²) in [5, 5.41) is 6.77. The summed E-state index contributed by atoms with van der Waals surface area (Å²) < 4.78 is 46.2. The van der Waals surface area contributed by atoms with Gasteiger partial charge in [-0.2, -0.15) is 0 Å². The predicted octanol–water partition coefficient (Wildman–Crippen LogP) is 4.02. The molecule has 3 N–H and O–H groups in total. The quantitative estimate of drug-likeness (QED) is 0.370. The minimum atomic E-state index is -4.00. The number of nitrogens with one attached hydrogen (secondary N) is 3. The molecule has 0 unspecified atom stereocenters. The maximum absolute atomic E-state index is 14.9. The molecule has 58 heavy (non-hydrogen) atoms. The average Bonchev–Trinajstić information content (AvgIpc) is 4.07. The first-order chi connectivity index (χ1) is 27.5. The van der Waals surface area contributed by atoms with Crippen LogP contribution < -0.4 is 25.0 Å². The summed E-state index contributed by atoms with van der Waals surface area (Å²) in [4.78, 5) is 65.7. The number of alkyl carbamates (subject to hydrolysis) is 1. The first-order valence-electron chi connectivity index (χ1n) is 20.8. The Labute approximate surface area is 340 Å². The first kappa shape index (κ1) is 40.3. The number of fused-ring (bicyclic) bond motifs is 5. The molecule has 8 rings (SSSR count). The third-order valence-electron chi connectivity index (χ3n) is 12.7. The van der Waals surface area contributed by atoms with Crippen molar-refractivity contribution in [3.8, 4) is 5.75 Å². The van der Waals surface area contributed by atoms with Gasteiger partial charge in [-0.15, -0.1) is 0 Å². The normalized spacial score (nSPS) is 30.4. The number of aromatic nitrogens is 1. The Morgan fingerprint density at radius 3 is 2.53 bits per heavy atom. The smallest absolute Gasteiger partial charge is 0.408 e. The summed E-state index contributed by atoms with van der Waals surface area (Å²) in [5.74, 6) is -0.943. The number of hydrogen-bond acceptors (Lipinski definition) is 11. The number of pyridine rings is 1. The molecule has 1 aromatic heterocycles. The monoisotopic (exact) mass is 820 g/mol. The molecule has 15 nitrogen and oxygen atoms in total. The summed E-state index contributed by atoms with van der Waals surface area (Å²) in [7, 11) is -4.00. The molecule has 4 fully saturated rings. The molecule has 0 radical (unpaired) electrons. The molecule has 2 aromatic rings. The van der Waals surface area contributed by atoms with E-state index in [2.05, 4.69) is 20.3 Å². The summed E-state index contributed by atoms with van der Waals surface area (Å²) in [6.07, 6.45) is 8.64. The molecule has 314 valence electrons. The van der Waals surface area contributed by atoms with Gasteiger partial charge in [-0.1, -0.05) is 43.2 Å². The fourth-order valence-corrected chi connectivity index (χ4v) is 10.2. The van der Waals surface area contributed by atoms with Gasteiger partial charge in [0.2, 0.25) is 21.8 Å². The van der Waals surface area contributed by atoms with Crippen molar-refractivity contribution in [2.24, 2.45) is 5.92 Å². The molecule has 16 heteroatoms. The van der Waals surface area contributed by atoms with Gasteiger partial charge in [0.25, 0.3) is 5.91 Å². The second-order valence-electron chi connectivity index (χ2n) is 18.3. The zero-order valence-corrected chi connectivity index (χ0v) is 34.8. The van der Waals surface area contributed by atoms with Gasteiger partial charge in [0.05, 0.1) is 30.0 Å². The van der Waals surface area contributed by atoms with Gasteiger partial charge in [-0.05, 0) is 85.1 Å². The van der Waals surface area contributed by atoms with Crippen LogP contribution in [-0.2, 0) is 40.3 Å². The van der Waals surface area contributed by atoms with Crippen LogP contribution in [0.5, 0.6) is 5.75 Å². The van der Waals surface area contributed by atoms with Gasteiger partial charge in [0, 0.05) is 36.4 Å². The fraction of sp³-hybridized carbons (Fsp3) is 0.643. The lowest BCUT2D eigenvalue weighted by Crippen LogP contribution is -2.58. The average molecular weight is 821 g/mol. The lowest BCUT2D eigenvalue weighted by Gasteiger charge is -2.39. The molecule has 1 aromatic carbocycles. The van der Waals surface area contributed by atoms with E-state index in [9.17, 15) is 27.6 Å². The largest absolute Gasteiger partial charge is 0.481 e. The lowest BCUT2D eigenvalue weighted by molar-refractivity contribution is -0.141. The van der Waals surface area contributed by atoms with Gasteiger partial charge in [0.1, 0.15) is 28.8 Å². The third-order valence-corrected chi connectivity index (χ3v) is 14.9. The van der Waals surface area contributed by atoms with Crippen molar-refractivity contribution in [3.05, 3.63) is 42.0 Å². The number of allylic oxidation sites excluding steroid dienone is 1. The van der Waals surface area contributed by atoms with E-state index in [1.807, 2.05) is 36.4 Å². The van der Waals surface area contributed by atoms with Crippen molar-refractivity contribution >= 4 is 50.6 Å². The Bertz CT molecular complexity index is 2130. The molecule has 6 aliphatic rings. The Kier molecular flexibility index (Phi) is 10.4. The minimum Gasteiger partial charge on any atom is -0.481 e. The van der Waals surface area contributed by atoms with E-state index in [0.717, 1.165) is 29.3 Å². The number of sulfonamides is 1. The van der Waals surface area contributed by atoms with E-state index >= 15 is 0 Å². The number of amides is 4.